The molecule has 0 saturated carbocycles. The van der Waals surface area contributed by atoms with Crippen molar-refractivity contribution in [1.82, 2.24) is 14.9 Å². The number of fused-ring (bicyclic) bond motifs is 1. The Bertz CT molecular complexity index is 1300. The first-order valence-electron chi connectivity index (χ1n) is 10.9. The smallest absolute Gasteiger partial charge is 0.270 e. The predicted molar refractivity (Wildman–Crippen MR) is 123 cm³/mol. The Kier molecular flexibility index (Phi) is 5.79. The zero-order valence-electron chi connectivity index (χ0n) is 18.3. The Morgan fingerprint density at radius 2 is 2.06 bits per heavy atom. The van der Waals surface area contributed by atoms with E-state index in [2.05, 4.69) is 4.98 Å². The lowest BCUT2D eigenvalue weighted by atomic mass is 10.1. The van der Waals surface area contributed by atoms with Gasteiger partial charge in [0.05, 0.1) is 26.0 Å². The molecule has 1 N–H and O–H groups in total. The second kappa shape index (κ2) is 9.03. The van der Waals surface area contributed by atoms with Gasteiger partial charge in [-0.25, -0.2) is 4.39 Å². The van der Waals surface area contributed by atoms with Crippen LogP contribution in [0.2, 0.25) is 0 Å². The van der Waals surface area contributed by atoms with Crippen LogP contribution in [-0.4, -0.2) is 47.6 Å². The maximum absolute atomic E-state index is 13.5. The zero-order chi connectivity index (χ0) is 22.8. The first-order chi connectivity index (χ1) is 16.1. The molecule has 6 nitrogen and oxygen atoms in total. The summed E-state index contributed by atoms with van der Waals surface area (Å²) < 4.78 is 24.8. The SMILES string of the molecule is COc1cccc(Cc2cccc([C@@H]3CN(C(=O)c4cc5ccc(F)cc5[nH]4)CCO3)n2)c1. The van der Waals surface area contributed by atoms with Gasteiger partial charge < -0.3 is 19.4 Å². The Morgan fingerprint density at radius 1 is 1.18 bits per heavy atom. The molecule has 2 aromatic carbocycles. The maximum Gasteiger partial charge on any atom is 0.270 e. The van der Waals surface area contributed by atoms with Gasteiger partial charge in [0.15, 0.2) is 0 Å². The Labute approximate surface area is 191 Å². The summed E-state index contributed by atoms with van der Waals surface area (Å²) >= 11 is 0. The fourth-order valence-corrected chi connectivity index (χ4v) is 4.16. The highest BCUT2D eigenvalue weighted by Crippen LogP contribution is 2.24. The van der Waals surface area contributed by atoms with Crippen molar-refractivity contribution in [3.63, 3.8) is 0 Å². The third-order valence-corrected chi connectivity index (χ3v) is 5.85. The number of aromatic nitrogens is 2. The van der Waals surface area contributed by atoms with E-state index in [1.54, 1.807) is 24.1 Å². The number of nitrogens with zero attached hydrogens (tertiary/aromatic N) is 2. The summed E-state index contributed by atoms with van der Waals surface area (Å²) in [6.07, 6.45) is 0.362. The Morgan fingerprint density at radius 3 is 2.94 bits per heavy atom. The van der Waals surface area contributed by atoms with Crippen LogP contribution in [0, 0.1) is 5.82 Å². The highest BCUT2D eigenvalue weighted by atomic mass is 19.1. The van der Waals surface area contributed by atoms with Crippen LogP contribution >= 0.6 is 0 Å². The maximum atomic E-state index is 13.5. The van der Waals surface area contributed by atoms with Gasteiger partial charge in [0.25, 0.3) is 5.91 Å². The van der Waals surface area contributed by atoms with E-state index >= 15 is 0 Å². The second-order valence-electron chi connectivity index (χ2n) is 8.11. The van der Waals surface area contributed by atoms with E-state index in [1.807, 2.05) is 42.5 Å². The van der Waals surface area contributed by atoms with Crippen LogP contribution < -0.4 is 4.74 Å². The van der Waals surface area contributed by atoms with Gasteiger partial charge in [-0.15, -0.1) is 0 Å². The number of hydrogen-bond donors (Lipinski definition) is 1. The van der Waals surface area contributed by atoms with E-state index in [4.69, 9.17) is 14.5 Å². The van der Waals surface area contributed by atoms with Crippen molar-refractivity contribution in [2.45, 2.75) is 12.5 Å². The van der Waals surface area contributed by atoms with Crippen molar-refractivity contribution >= 4 is 16.8 Å². The third kappa shape index (κ3) is 4.59. The topological polar surface area (TPSA) is 67.5 Å². The second-order valence-corrected chi connectivity index (χ2v) is 8.11. The highest BCUT2D eigenvalue weighted by Gasteiger charge is 2.28. The molecule has 1 aliphatic heterocycles. The third-order valence-electron chi connectivity index (χ3n) is 5.85. The molecular weight excluding hydrogens is 421 g/mol. The number of hydrogen-bond acceptors (Lipinski definition) is 4. The lowest BCUT2D eigenvalue weighted by molar-refractivity contribution is -0.0249. The van der Waals surface area contributed by atoms with Crippen LogP contribution in [0.15, 0.2) is 66.7 Å². The number of nitrogens with one attached hydrogen (secondary N) is 1. The number of morpholine rings is 1. The van der Waals surface area contributed by atoms with E-state index in [0.717, 1.165) is 28.1 Å². The molecule has 0 spiro atoms. The lowest BCUT2D eigenvalue weighted by Gasteiger charge is -2.32. The average Bonchev–Trinajstić information content (AvgIpc) is 3.27. The van der Waals surface area contributed by atoms with Crippen molar-refractivity contribution < 1.29 is 18.7 Å². The number of pyridine rings is 1. The van der Waals surface area contributed by atoms with E-state index < -0.39 is 0 Å². The van der Waals surface area contributed by atoms with Crippen LogP contribution in [0.3, 0.4) is 0 Å². The van der Waals surface area contributed by atoms with E-state index in [0.29, 0.717) is 37.3 Å². The average molecular weight is 445 g/mol. The fraction of sp³-hybridized carbons (Fsp3) is 0.231. The Balaban J connectivity index is 1.31. The number of carbonyl (C=O) groups excluding carboxylic acids is 1. The zero-order valence-corrected chi connectivity index (χ0v) is 18.3. The summed E-state index contributed by atoms with van der Waals surface area (Å²) in [5.41, 5.74) is 3.87. The van der Waals surface area contributed by atoms with Crippen LogP contribution in [0.5, 0.6) is 5.75 Å². The van der Waals surface area contributed by atoms with Gasteiger partial charge in [0.1, 0.15) is 23.4 Å². The molecule has 0 aliphatic carbocycles. The minimum atomic E-state index is -0.338. The number of carbonyl (C=O) groups is 1. The normalized spacial score (nSPS) is 16.2. The molecule has 1 saturated heterocycles. The largest absolute Gasteiger partial charge is 0.497 e. The van der Waals surface area contributed by atoms with E-state index in [9.17, 15) is 9.18 Å². The van der Waals surface area contributed by atoms with Gasteiger partial charge in [-0.1, -0.05) is 18.2 Å². The molecule has 0 radical (unpaired) electrons. The van der Waals surface area contributed by atoms with Crippen molar-refractivity contribution in [1.29, 1.82) is 0 Å². The molecular formula is C26H24FN3O3. The molecule has 168 valence electrons. The molecule has 4 aromatic rings. The van der Waals surface area contributed by atoms with Crippen molar-refractivity contribution in [2.75, 3.05) is 26.8 Å². The molecule has 0 bridgehead atoms. The quantitative estimate of drug-likeness (QED) is 0.491. The molecule has 5 rings (SSSR count). The van der Waals surface area contributed by atoms with Crippen LogP contribution in [0.4, 0.5) is 4.39 Å². The van der Waals surface area contributed by atoms with Gasteiger partial charge >= 0.3 is 0 Å². The molecule has 3 heterocycles. The van der Waals surface area contributed by atoms with Gasteiger partial charge in [0, 0.05) is 29.6 Å². The summed E-state index contributed by atoms with van der Waals surface area (Å²) in [7, 11) is 1.65. The molecule has 7 heteroatoms. The molecule has 2 aromatic heterocycles. The predicted octanol–water partition coefficient (Wildman–Crippen LogP) is 4.52. The summed E-state index contributed by atoms with van der Waals surface area (Å²) in [5, 5.41) is 0.802. The molecule has 33 heavy (non-hydrogen) atoms. The summed E-state index contributed by atoms with van der Waals surface area (Å²) in [6.45, 7) is 1.31. The van der Waals surface area contributed by atoms with Crippen LogP contribution in [0.25, 0.3) is 10.9 Å². The van der Waals surface area contributed by atoms with Gasteiger partial charge in [-0.05, 0) is 54.1 Å². The Hall–Kier alpha value is -3.71. The number of halogens is 1. The monoisotopic (exact) mass is 445 g/mol. The number of amides is 1. The highest BCUT2D eigenvalue weighted by molar-refractivity contribution is 5.98. The van der Waals surface area contributed by atoms with Crippen molar-refractivity contribution in [3.8, 4) is 5.75 Å². The molecule has 1 atom stereocenters. The molecule has 0 unspecified atom stereocenters. The van der Waals surface area contributed by atoms with Gasteiger partial charge in [-0.3, -0.25) is 9.78 Å². The first-order valence-corrected chi connectivity index (χ1v) is 10.9. The van der Waals surface area contributed by atoms with E-state index in [1.165, 1.54) is 12.1 Å². The number of rotatable bonds is 5. The van der Waals surface area contributed by atoms with Crippen LogP contribution in [0.1, 0.15) is 33.5 Å². The number of methoxy groups -OCH3 is 1. The lowest BCUT2D eigenvalue weighted by Crippen LogP contribution is -2.42. The summed E-state index contributed by atoms with van der Waals surface area (Å²) in [4.78, 5) is 22.7. The number of ether oxygens (including phenoxy) is 2. The van der Waals surface area contributed by atoms with Gasteiger partial charge in [0.2, 0.25) is 0 Å². The van der Waals surface area contributed by atoms with Crippen molar-refractivity contribution in [3.05, 3.63) is 95.2 Å². The molecule has 1 fully saturated rings. The fourth-order valence-electron chi connectivity index (χ4n) is 4.16. The number of aromatic amines is 1. The minimum absolute atomic E-state index is 0.132. The minimum Gasteiger partial charge on any atom is -0.497 e. The van der Waals surface area contributed by atoms with Gasteiger partial charge in [-0.2, -0.15) is 0 Å². The number of H-pyrrole nitrogens is 1. The summed E-state index contributed by atoms with van der Waals surface area (Å²) in [6, 6.07) is 20.0. The standard InChI is InChI=1S/C26H24FN3O3/c1-32-21-6-2-4-17(13-21)12-20-5-3-7-22(28-20)25-16-30(10-11-33-25)26(31)24-14-18-8-9-19(27)15-23(18)29-24/h2-9,13-15,25,29H,10-12,16H2,1H3/t25-/m0/s1. The molecule has 1 aliphatic rings. The van der Waals surface area contributed by atoms with Crippen molar-refractivity contribution in [2.24, 2.45) is 0 Å². The summed E-state index contributed by atoms with van der Waals surface area (Å²) in [5.74, 6) is 0.343. The van der Waals surface area contributed by atoms with Crippen LogP contribution in [-0.2, 0) is 11.2 Å². The van der Waals surface area contributed by atoms with E-state index in [-0.39, 0.29) is 17.8 Å². The number of benzene rings is 2. The molecule has 1 amide bonds. The first kappa shape index (κ1) is 21.2.